The van der Waals surface area contributed by atoms with Crippen molar-refractivity contribution in [2.24, 2.45) is 0 Å². The maximum absolute atomic E-state index is 12.7. The summed E-state index contributed by atoms with van der Waals surface area (Å²) in [4.78, 5) is 21.1. The highest BCUT2D eigenvalue weighted by Crippen LogP contribution is 2.32. The number of aromatic nitrogens is 1. The maximum Gasteiger partial charge on any atom is 0.237 e. The number of carbonyl (C=O) groups excluding carboxylic acids is 1. The van der Waals surface area contributed by atoms with Gasteiger partial charge in [0.15, 0.2) is 0 Å². The van der Waals surface area contributed by atoms with Gasteiger partial charge in [0, 0.05) is 43.1 Å². The highest BCUT2D eigenvalue weighted by Gasteiger charge is 2.36. The van der Waals surface area contributed by atoms with E-state index >= 15 is 0 Å². The van der Waals surface area contributed by atoms with Crippen molar-refractivity contribution in [3.8, 4) is 0 Å². The molecular weight excluding hydrogens is 302 g/mol. The quantitative estimate of drug-likeness (QED) is 0.922. The van der Waals surface area contributed by atoms with Gasteiger partial charge in [-0.3, -0.25) is 14.7 Å². The Bertz CT molecular complexity index is 545. The van der Waals surface area contributed by atoms with Crippen LogP contribution >= 0.6 is 0 Å². The molecule has 1 N–H and O–H groups in total. The Morgan fingerprint density at radius 3 is 2.54 bits per heavy atom. The zero-order chi connectivity index (χ0) is 17.2. The van der Waals surface area contributed by atoms with Crippen molar-refractivity contribution in [3.05, 3.63) is 30.1 Å². The number of carbonyl (C=O) groups is 1. The van der Waals surface area contributed by atoms with Gasteiger partial charge in [-0.1, -0.05) is 6.07 Å². The van der Waals surface area contributed by atoms with Gasteiger partial charge >= 0.3 is 0 Å². The Hall–Kier alpha value is -1.46. The summed E-state index contributed by atoms with van der Waals surface area (Å²) >= 11 is 0. The van der Waals surface area contributed by atoms with Crippen LogP contribution in [0.2, 0.25) is 0 Å². The van der Waals surface area contributed by atoms with Crippen molar-refractivity contribution in [1.82, 2.24) is 14.8 Å². The summed E-state index contributed by atoms with van der Waals surface area (Å²) in [5, 5.41) is 10.9. The molecule has 2 aliphatic rings. The fraction of sp³-hybridized carbons (Fsp3) is 0.684. The molecule has 1 aromatic heterocycles. The topological polar surface area (TPSA) is 56.7 Å². The lowest BCUT2D eigenvalue weighted by Crippen LogP contribution is -2.52. The van der Waals surface area contributed by atoms with Crippen LogP contribution in [0.1, 0.15) is 51.5 Å². The average molecular weight is 331 g/mol. The molecule has 5 nitrogen and oxygen atoms in total. The Balaban J connectivity index is 1.56. The molecule has 0 saturated carbocycles. The second-order valence-electron chi connectivity index (χ2n) is 7.48. The molecule has 1 amide bonds. The van der Waals surface area contributed by atoms with Crippen molar-refractivity contribution >= 4 is 5.91 Å². The van der Waals surface area contributed by atoms with Gasteiger partial charge in [-0.25, -0.2) is 0 Å². The number of aliphatic hydroxyl groups is 1. The largest absolute Gasteiger partial charge is 0.385 e. The standard InChI is InChI=1S/C19H29N3O2/c1-15-5-3-6-16(2)22(15)18(23)14-21-11-8-19(24,9-12-21)17-7-4-10-20-13-17/h4,7,10,13,15-16,24H,3,5-6,8-9,11-12,14H2,1-2H3. The molecule has 0 aromatic carbocycles. The van der Waals surface area contributed by atoms with Gasteiger partial charge in [0.2, 0.25) is 5.91 Å². The van der Waals surface area contributed by atoms with E-state index in [1.165, 1.54) is 6.42 Å². The highest BCUT2D eigenvalue weighted by molar-refractivity contribution is 5.79. The number of hydrogen-bond acceptors (Lipinski definition) is 4. The third-order valence-corrected chi connectivity index (χ3v) is 5.72. The van der Waals surface area contributed by atoms with E-state index in [9.17, 15) is 9.90 Å². The van der Waals surface area contributed by atoms with Crippen molar-refractivity contribution in [2.75, 3.05) is 19.6 Å². The summed E-state index contributed by atoms with van der Waals surface area (Å²) in [6.07, 6.45) is 8.20. The Morgan fingerprint density at radius 2 is 1.96 bits per heavy atom. The minimum atomic E-state index is -0.806. The van der Waals surface area contributed by atoms with E-state index in [2.05, 4.69) is 28.6 Å². The van der Waals surface area contributed by atoms with E-state index in [1.807, 2.05) is 12.1 Å². The summed E-state index contributed by atoms with van der Waals surface area (Å²) in [5.74, 6) is 0.238. The fourth-order valence-electron chi connectivity index (χ4n) is 4.19. The van der Waals surface area contributed by atoms with Crippen molar-refractivity contribution in [2.45, 2.75) is 63.6 Å². The molecule has 5 heteroatoms. The third kappa shape index (κ3) is 3.62. The van der Waals surface area contributed by atoms with E-state index in [0.717, 1.165) is 31.5 Å². The van der Waals surface area contributed by atoms with Crippen molar-refractivity contribution < 1.29 is 9.90 Å². The zero-order valence-electron chi connectivity index (χ0n) is 14.8. The number of nitrogens with zero attached hydrogens (tertiary/aromatic N) is 3. The van der Waals surface area contributed by atoms with Crippen LogP contribution in [0, 0.1) is 0 Å². The number of rotatable bonds is 3. The maximum atomic E-state index is 12.7. The normalized spacial score (nSPS) is 27.9. The highest BCUT2D eigenvalue weighted by atomic mass is 16.3. The van der Waals surface area contributed by atoms with E-state index in [1.54, 1.807) is 12.4 Å². The first kappa shape index (κ1) is 17.4. The van der Waals surface area contributed by atoms with Gasteiger partial charge in [0.25, 0.3) is 0 Å². The van der Waals surface area contributed by atoms with Crippen LogP contribution in [-0.4, -0.2) is 57.5 Å². The number of pyridine rings is 1. The summed E-state index contributed by atoms with van der Waals surface area (Å²) < 4.78 is 0. The van der Waals surface area contributed by atoms with Crippen LogP contribution in [0.5, 0.6) is 0 Å². The molecule has 2 atom stereocenters. The molecular formula is C19H29N3O2. The molecule has 3 rings (SSSR count). The minimum Gasteiger partial charge on any atom is -0.385 e. The first-order chi connectivity index (χ1) is 11.5. The van der Waals surface area contributed by atoms with E-state index < -0.39 is 5.60 Å². The second-order valence-corrected chi connectivity index (χ2v) is 7.48. The molecule has 2 saturated heterocycles. The molecule has 2 aliphatic heterocycles. The van der Waals surface area contributed by atoms with Gasteiger partial charge in [0.1, 0.15) is 0 Å². The summed E-state index contributed by atoms with van der Waals surface area (Å²) in [6.45, 7) is 6.27. The van der Waals surface area contributed by atoms with Crippen molar-refractivity contribution in [1.29, 1.82) is 0 Å². The van der Waals surface area contributed by atoms with Crippen LogP contribution in [0.25, 0.3) is 0 Å². The lowest BCUT2D eigenvalue weighted by atomic mass is 9.85. The van der Waals surface area contributed by atoms with Crippen LogP contribution < -0.4 is 0 Å². The molecule has 132 valence electrons. The Labute approximate surface area is 144 Å². The number of likely N-dealkylation sites (tertiary alicyclic amines) is 2. The number of hydrogen-bond donors (Lipinski definition) is 1. The molecule has 24 heavy (non-hydrogen) atoms. The molecule has 1 aromatic rings. The minimum absolute atomic E-state index is 0.238. The molecule has 0 aliphatic carbocycles. The summed E-state index contributed by atoms with van der Waals surface area (Å²) in [6, 6.07) is 4.49. The van der Waals surface area contributed by atoms with Gasteiger partial charge in [-0.15, -0.1) is 0 Å². The zero-order valence-corrected chi connectivity index (χ0v) is 14.8. The molecule has 2 unspecified atom stereocenters. The van der Waals surface area contributed by atoms with Gasteiger partial charge in [0.05, 0.1) is 12.1 Å². The van der Waals surface area contributed by atoms with Crippen LogP contribution in [0.4, 0.5) is 0 Å². The lowest BCUT2D eigenvalue weighted by Gasteiger charge is -2.42. The summed E-state index contributed by atoms with van der Waals surface area (Å²) in [5.41, 5.74) is 0.0775. The second kappa shape index (κ2) is 7.19. The van der Waals surface area contributed by atoms with E-state index in [4.69, 9.17) is 0 Å². The summed E-state index contributed by atoms with van der Waals surface area (Å²) in [7, 11) is 0. The van der Waals surface area contributed by atoms with Crippen LogP contribution in [0.15, 0.2) is 24.5 Å². The predicted octanol–water partition coefficient (Wildman–Crippen LogP) is 2.15. The van der Waals surface area contributed by atoms with Gasteiger partial charge in [-0.2, -0.15) is 0 Å². The monoisotopic (exact) mass is 331 g/mol. The Kier molecular flexibility index (Phi) is 5.21. The van der Waals surface area contributed by atoms with E-state index in [-0.39, 0.29) is 5.91 Å². The van der Waals surface area contributed by atoms with E-state index in [0.29, 0.717) is 31.5 Å². The van der Waals surface area contributed by atoms with Crippen molar-refractivity contribution in [3.63, 3.8) is 0 Å². The SMILES string of the molecule is CC1CCCC(C)N1C(=O)CN1CCC(O)(c2cccnc2)CC1. The van der Waals surface area contributed by atoms with Crippen LogP contribution in [-0.2, 0) is 10.4 Å². The first-order valence-corrected chi connectivity index (χ1v) is 9.16. The Morgan fingerprint density at radius 1 is 1.29 bits per heavy atom. The predicted molar refractivity (Wildman–Crippen MR) is 93.4 cm³/mol. The smallest absolute Gasteiger partial charge is 0.237 e. The van der Waals surface area contributed by atoms with Gasteiger partial charge < -0.3 is 10.0 Å². The van der Waals surface area contributed by atoms with Crippen LogP contribution in [0.3, 0.4) is 0 Å². The molecule has 0 radical (unpaired) electrons. The number of piperidine rings is 2. The average Bonchev–Trinajstić information content (AvgIpc) is 2.58. The third-order valence-electron chi connectivity index (χ3n) is 5.72. The first-order valence-electron chi connectivity index (χ1n) is 9.16. The molecule has 0 spiro atoms. The molecule has 0 bridgehead atoms. The van der Waals surface area contributed by atoms with Gasteiger partial charge in [-0.05, 0) is 52.0 Å². The number of amides is 1. The molecule has 2 fully saturated rings. The molecule has 3 heterocycles. The fourth-order valence-corrected chi connectivity index (χ4v) is 4.19. The lowest BCUT2D eigenvalue weighted by molar-refractivity contribution is -0.139.